The van der Waals surface area contributed by atoms with Crippen LogP contribution in [0.15, 0.2) is 23.8 Å². The Bertz CT molecular complexity index is 1210. The lowest BCUT2D eigenvalue weighted by Gasteiger charge is -2.62. The van der Waals surface area contributed by atoms with Gasteiger partial charge in [-0.15, -0.1) is 0 Å². The van der Waals surface area contributed by atoms with Crippen LogP contribution in [0.5, 0.6) is 0 Å². The zero-order valence-electron chi connectivity index (χ0n) is 24.9. The van der Waals surface area contributed by atoms with Crippen molar-refractivity contribution >= 4 is 52.6 Å². The number of fused-ring (bicyclic) bond motifs is 5. The molecule has 4 aliphatic rings. The number of halogens is 1. The third-order valence-corrected chi connectivity index (χ3v) is 12.3. The lowest BCUT2D eigenvalue weighted by molar-refractivity contribution is -0.226. The van der Waals surface area contributed by atoms with Crippen molar-refractivity contribution in [3.05, 3.63) is 23.8 Å². The highest BCUT2D eigenvalue weighted by atomic mass is 32.2. The summed E-state index contributed by atoms with van der Waals surface area (Å²) in [6.07, 6.45) is 6.88. The van der Waals surface area contributed by atoms with Crippen molar-refractivity contribution in [1.29, 1.82) is 0 Å². The van der Waals surface area contributed by atoms with E-state index in [-0.39, 0.29) is 29.5 Å². The van der Waals surface area contributed by atoms with Crippen molar-refractivity contribution in [2.24, 2.45) is 28.6 Å². The van der Waals surface area contributed by atoms with Gasteiger partial charge in [-0.1, -0.05) is 44.2 Å². The summed E-state index contributed by atoms with van der Waals surface area (Å²) in [7, 11) is 0. The fourth-order valence-electron chi connectivity index (χ4n) is 8.58. The topological polar surface area (TPSA) is 127 Å². The highest BCUT2D eigenvalue weighted by Crippen LogP contribution is 2.71. The van der Waals surface area contributed by atoms with Gasteiger partial charge in [-0.3, -0.25) is 24.0 Å². The molecule has 0 spiro atoms. The molecule has 9 atom stereocenters. The van der Waals surface area contributed by atoms with Gasteiger partial charge in [0.1, 0.15) is 0 Å². The van der Waals surface area contributed by atoms with E-state index in [2.05, 4.69) is 5.32 Å². The van der Waals surface area contributed by atoms with Crippen molar-refractivity contribution in [2.45, 2.75) is 89.6 Å². The number of aliphatic hydroxyl groups is 1. The molecule has 0 radical (unpaired) electrons. The van der Waals surface area contributed by atoms with E-state index in [9.17, 15) is 29.1 Å². The number of carbonyl (C=O) groups excluding carboxylic acids is 5. The Morgan fingerprint density at radius 1 is 1.29 bits per heavy atom. The molecule has 8 nitrogen and oxygen atoms in total. The Hall–Kier alpha value is -1.98. The number of Topliss-reactive ketones (excluding diaryl/α,β-unsaturated/α-hetero) is 1. The molecule has 3 fully saturated rings. The SMILES string of the molecule is CCC(=O)O[C@]1(C(=O)CSC(=O)C(CCSC)NC=O)[C@@H](C)C[C@H]2[C@@H]3CCC4=CC(=O)C=C[C@]4(C)C3(F)[C@@H](O)C[C@@]21C. The van der Waals surface area contributed by atoms with Crippen LogP contribution in [0.25, 0.3) is 0 Å². The van der Waals surface area contributed by atoms with Gasteiger partial charge in [-0.05, 0) is 69.1 Å². The molecule has 4 aliphatic carbocycles. The maximum atomic E-state index is 17.6. The van der Waals surface area contributed by atoms with Gasteiger partial charge in [0, 0.05) is 29.1 Å². The molecule has 0 aromatic carbocycles. The van der Waals surface area contributed by atoms with Crippen molar-refractivity contribution < 1.29 is 38.2 Å². The predicted octanol–water partition coefficient (Wildman–Crippen LogP) is 3.99. The lowest BCUT2D eigenvalue weighted by Crippen LogP contribution is -2.70. The number of nitrogens with one attached hydrogen (secondary N) is 1. The molecule has 2 N–H and O–H groups in total. The van der Waals surface area contributed by atoms with E-state index in [4.69, 9.17) is 4.74 Å². The van der Waals surface area contributed by atoms with Gasteiger partial charge < -0.3 is 15.2 Å². The summed E-state index contributed by atoms with van der Waals surface area (Å²) in [4.78, 5) is 63.4. The summed E-state index contributed by atoms with van der Waals surface area (Å²) in [5.74, 6) is -2.39. The first-order chi connectivity index (χ1) is 19.8. The van der Waals surface area contributed by atoms with E-state index < -0.39 is 63.8 Å². The highest BCUT2D eigenvalue weighted by Gasteiger charge is 2.77. The molecule has 0 saturated heterocycles. The number of ether oxygens (including phenoxy) is 1. The quantitative estimate of drug-likeness (QED) is 0.260. The fraction of sp³-hybridized carbons (Fsp3) is 0.710. The summed E-state index contributed by atoms with van der Waals surface area (Å²) >= 11 is 2.32. The average Bonchev–Trinajstić information content (AvgIpc) is 3.16. The number of rotatable bonds is 11. The van der Waals surface area contributed by atoms with Gasteiger partial charge in [0.25, 0.3) is 0 Å². The first kappa shape index (κ1) is 32.9. The largest absolute Gasteiger partial charge is 0.450 e. The minimum atomic E-state index is -2.08. The number of hydrogen-bond donors (Lipinski definition) is 2. The molecule has 3 saturated carbocycles. The predicted molar refractivity (Wildman–Crippen MR) is 160 cm³/mol. The normalized spacial score (nSPS) is 39.3. The maximum Gasteiger partial charge on any atom is 0.306 e. The number of carbonyl (C=O) groups is 5. The summed E-state index contributed by atoms with van der Waals surface area (Å²) in [5.41, 5.74) is -5.35. The number of thioether (sulfide) groups is 2. The minimum absolute atomic E-state index is 0.0265. The number of hydrogen-bond acceptors (Lipinski definition) is 9. The molecule has 0 aromatic rings. The third-order valence-electron chi connectivity index (χ3n) is 10.7. The number of aliphatic hydroxyl groups excluding tert-OH is 1. The first-order valence-corrected chi connectivity index (χ1v) is 17.1. The van der Waals surface area contributed by atoms with Crippen LogP contribution in [0.3, 0.4) is 0 Å². The molecule has 0 aromatic heterocycles. The standard InChI is InChI=1S/C31H42FNO7S2/c1-6-26(38)40-31(25(37)16-42-27(39)23(33-17-34)10-12-41-5)18(2)13-22-21-8-7-19-14-20(35)9-11-28(19,3)30(21,32)24(36)15-29(22,31)4/h9,11,14,17-18,21-24,36H,6-8,10,12-13,15-16H2,1-5H3,(H,33,34)/t18-,21-,22-,23?,24-,28-,29-,30?,31-/m0/s1. The Kier molecular flexibility index (Phi) is 9.56. The lowest BCUT2D eigenvalue weighted by atomic mass is 9.44. The number of ketones is 2. The van der Waals surface area contributed by atoms with Crippen molar-refractivity contribution in [3.8, 4) is 0 Å². The smallest absolute Gasteiger partial charge is 0.306 e. The molecule has 232 valence electrons. The Morgan fingerprint density at radius 2 is 2.00 bits per heavy atom. The average molecular weight is 624 g/mol. The summed E-state index contributed by atoms with van der Waals surface area (Å²) in [6, 6.07) is -0.754. The van der Waals surface area contributed by atoms with Crippen LogP contribution in [-0.4, -0.2) is 75.3 Å². The van der Waals surface area contributed by atoms with E-state index >= 15 is 4.39 Å². The van der Waals surface area contributed by atoms with E-state index in [0.29, 0.717) is 43.4 Å². The van der Waals surface area contributed by atoms with Gasteiger partial charge in [0.2, 0.25) is 11.5 Å². The Labute approximate surface area is 255 Å². The maximum absolute atomic E-state index is 17.6. The minimum Gasteiger partial charge on any atom is -0.450 e. The number of esters is 1. The molecule has 1 amide bonds. The van der Waals surface area contributed by atoms with Gasteiger partial charge in [-0.2, -0.15) is 11.8 Å². The van der Waals surface area contributed by atoms with Crippen LogP contribution in [0.2, 0.25) is 0 Å². The Morgan fingerprint density at radius 3 is 2.64 bits per heavy atom. The van der Waals surface area contributed by atoms with E-state index in [1.54, 1.807) is 19.9 Å². The summed E-state index contributed by atoms with van der Waals surface area (Å²) < 4.78 is 23.7. The van der Waals surface area contributed by atoms with Crippen LogP contribution < -0.4 is 5.32 Å². The molecule has 11 heteroatoms. The summed E-state index contributed by atoms with van der Waals surface area (Å²) in [6.45, 7) is 7.01. The van der Waals surface area contributed by atoms with Crippen molar-refractivity contribution in [3.63, 3.8) is 0 Å². The van der Waals surface area contributed by atoms with Crippen molar-refractivity contribution in [1.82, 2.24) is 5.32 Å². The van der Waals surface area contributed by atoms with Crippen LogP contribution >= 0.6 is 23.5 Å². The van der Waals surface area contributed by atoms with Crippen LogP contribution in [0.1, 0.15) is 66.2 Å². The zero-order chi connectivity index (χ0) is 31.1. The van der Waals surface area contributed by atoms with E-state index in [0.717, 1.165) is 11.8 Å². The number of allylic oxidation sites excluding steroid dienone is 4. The van der Waals surface area contributed by atoms with Gasteiger partial charge in [0.15, 0.2) is 22.8 Å². The van der Waals surface area contributed by atoms with Crippen molar-refractivity contribution in [2.75, 3.05) is 17.8 Å². The van der Waals surface area contributed by atoms with Crippen LogP contribution in [-0.2, 0) is 28.7 Å². The number of alkyl halides is 1. The monoisotopic (exact) mass is 623 g/mol. The second kappa shape index (κ2) is 12.2. The van der Waals surface area contributed by atoms with E-state index in [1.807, 2.05) is 20.1 Å². The molecular weight excluding hydrogens is 581 g/mol. The van der Waals surface area contributed by atoms with Gasteiger partial charge in [0.05, 0.1) is 17.9 Å². The van der Waals surface area contributed by atoms with E-state index in [1.165, 1.54) is 23.9 Å². The fourth-order valence-corrected chi connectivity index (χ4v) is 9.93. The number of amides is 1. The van der Waals surface area contributed by atoms with Gasteiger partial charge >= 0.3 is 5.97 Å². The van der Waals surface area contributed by atoms with Crippen LogP contribution in [0.4, 0.5) is 4.39 Å². The second-order valence-electron chi connectivity index (χ2n) is 12.6. The second-order valence-corrected chi connectivity index (χ2v) is 14.6. The molecule has 0 bridgehead atoms. The summed E-state index contributed by atoms with van der Waals surface area (Å²) in [5, 5.41) is 13.9. The molecule has 42 heavy (non-hydrogen) atoms. The molecule has 4 rings (SSSR count). The Balaban J connectivity index is 1.70. The van der Waals surface area contributed by atoms with Gasteiger partial charge in [-0.25, -0.2) is 4.39 Å². The van der Waals surface area contributed by atoms with Crippen LogP contribution in [0, 0.1) is 28.6 Å². The first-order valence-electron chi connectivity index (χ1n) is 14.7. The zero-order valence-corrected chi connectivity index (χ0v) is 26.6. The third kappa shape index (κ3) is 4.91. The molecule has 0 heterocycles. The molecular formula is C31H42FNO7S2. The highest BCUT2D eigenvalue weighted by molar-refractivity contribution is 8.14. The molecule has 0 aliphatic heterocycles. The molecule has 2 unspecified atom stereocenters.